The first kappa shape index (κ1) is 36.1. The SMILES string of the molecule is CC(C)(C)c1ccc2c3c1C(C)(C)c1cccc4c1B3c1c3c5c(c(C(C)(C)C)c1C4(C)C)C(C)(C)c1cccc4c1B5c1c(ccc(C(C)(C)C)c1C4(C)C)N23. The molecule has 0 saturated carbocycles. The van der Waals surface area contributed by atoms with Gasteiger partial charge in [0.1, 0.15) is 0 Å². The molecule has 0 saturated heterocycles. The normalized spacial score (nSPS) is 19.8. The first-order valence-electron chi connectivity index (χ1n) is 22.0. The van der Waals surface area contributed by atoms with Crippen molar-refractivity contribution in [3.63, 3.8) is 0 Å². The van der Waals surface area contributed by atoms with E-state index in [2.05, 4.69) is 183 Å². The minimum atomic E-state index is -0.196. The smallest absolute Gasteiger partial charge is 0.248 e. The monoisotopic (exact) mass is 745 g/mol. The highest BCUT2D eigenvalue weighted by atomic mass is 15.2. The van der Waals surface area contributed by atoms with Crippen molar-refractivity contribution in [3.8, 4) is 0 Å². The number of hydrogen-bond acceptors (Lipinski definition) is 1. The van der Waals surface area contributed by atoms with E-state index in [0.717, 1.165) is 0 Å². The minimum Gasteiger partial charge on any atom is -0.312 e. The van der Waals surface area contributed by atoms with Crippen molar-refractivity contribution in [2.24, 2.45) is 0 Å². The second-order valence-corrected chi connectivity index (χ2v) is 24.1. The van der Waals surface area contributed by atoms with Gasteiger partial charge in [0.2, 0.25) is 13.4 Å². The molecule has 0 unspecified atom stereocenters. The fraction of sp³-hybridized carbons (Fsp3) is 0.444. The maximum atomic E-state index is 2.85. The van der Waals surface area contributed by atoms with E-state index in [4.69, 9.17) is 0 Å². The van der Waals surface area contributed by atoms with Crippen LogP contribution in [0.2, 0.25) is 0 Å². The van der Waals surface area contributed by atoms with Crippen LogP contribution in [0.5, 0.6) is 0 Å². The number of hydrogen-bond donors (Lipinski definition) is 0. The van der Waals surface area contributed by atoms with Gasteiger partial charge in [0.05, 0.1) is 0 Å². The van der Waals surface area contributed by atoms with Gasteiger partial charge in [0, 0.05) is 38.7 Å². The van der Waals surface area contributed by atoms with Crippen molar-refractivity contribution in [2.45, 2.75) is 156 Å². The third kappa shape index (κ3) is 3.85. The minimum absolute atomic E-state index is 0.00507. The lowest BCUT2D eigenvalue weighted by Gasteiger charge is -2.59. The molecule has 0 fully saturated rings. The first-order valence-corrected chi connectivity index (χ1v) is 22.0. The molecule has 0 aliphatic carbocycles. The predicted octanol–water partition coefficient (Wildman–Crippen LogP) is 9.27. The van der Waals surface area contributed by atoms with Crippen molar-refractivity contribution < 1.29 is 0 Å². The average Bonchev–Trinajstić information content (AvgIpc) is 3.10. The largest absolute Gasteiger partial charge is 0.312 e. The Balaban J connectivity index is 1.45. The van der Waals surface area contributed by atoms with Crippen LogP contribution in [-0.4, -0.2) is 13.4 Å². The number of fused-ring (bicyclic) bond motifs is 2. The number of rotatable bonds is 0. The van der Waals surface area contributed by atoms with Crippen LogP contribution in [0.1, 0.15) is 179 Å². The second kappa shape index (κ2) is 9.89. The maximum Gasteiger partial charge on any atom is 0.248 e. The fourth-order valence-corrected chi connectivity index (χ4v) is 14.1. The van der Waals surface area contributed by atoms with Gasteiger partial charge in [-0.25, -0.2) is 0 Å². The van der Waals surface area contributed by atoms with Crippen molar-refractivity contribution in [3.05, 3.63) is 122 Å². The van der Waals surface area contributed by atoms with Gasteiger partial charge < -0.3 is 4.90 Å². The standard InChI is InChI=1S/C54H61B2N/c1-48(2,3)28-24-26-34-43-36(28)51(10,11)30-20-18-22-32-41(30)55(43)45-39(53(32,14)15)38(50(7,8)9)40-46-47(45)57(34)35-27-25-29(49(4,5)6)37-44(35)56(46)42-31(52(37,12)13)21-19-23-33(42)54(40,16)17/h18-27H,1-17H3. The summed E-state index contributed by atoms with van der Waals surface area (Å²) < 4.78 is 0. The van der Waals surface area contributed by atoms with E-state index in [1.165, 1.54) is 50.4 Å². The topological polar surface area (TPSA) is 3.24 Å². The first-order chi connectivity index (χ1) is 26.3. The molecule has 0 spiro atoms. The summed E-state index contributed by atoms with van der Waals surface area (Å²) in [4.78, 5) is 2.85. The van der Waals surface area contributed by atoms with Crippen molar-refractivity contribution >= 4 is 63.3 Å². The molecule has 0 radical (unpaired) electrons. The highest BCUT2D eigenvalue weighted by Gasteiger charge is 2.61. The third-order valence-corrected chi connectivity index (χ3v) is 16.2. The molecule has 0 amide bonds. The van der Waals surface area contributed by atoms with Crippen LogP contribution in [0.15, 0.2) is 60.7 Å². The summed E-state index contributed by atoms with van der Waals surface area (Å²) in [6.45, 7) is 42.9. The molecular formula is C54H61B2N. The Morgan fingerprint density at radius 3 is 1.04 bits per heavy atom. The van der Waals surface area contributed by atoms with E-state index in [0.29, 0.717) is 0 Å². The van der Waals surface area contributed by atoms with Crippen LogP contribution in [0.3, 0.4) is 0 Å². The van der Waals surface area contributed by atoms with E-state index < -0.39 is 0 Å². The lowest BCUT2D eigenvalue weighted by atomic mass is 9.21. The molecule has 1 nitrogen and oxygen atoms in total. The summed E-state index contributed by atoms with van der Waals surface area (Å²) in [6, 6.07) is 24.9. The summed E-state index contributed by atoms with van der Waals surface area (Å²) in [6.07, 6.45) is 0. The van der Waals surface area contributed by atoms with Crippen LogP contribution in [-0.2, 0) is 37.9 Å². The summed E-state index contributed by atoms with van der Waals surface area (Å²) in [5.74, 6) is 0. The van der Waals surface area contributed by atoms with E-state index in [9.17, 15) is 0 Å². The molecule has 0 atom stereocenters. The molecule has 5 aromatic rings. The van der Waals surface area contributed by atoms with Gasteiger partial charge in [0.25, 0.3) is 0 Å². The third-order valence-electron chi connectivity index (χ3n) is 16.2. The van der Waals surface area contributed by atoms with Gasteiger partial charge in [0.15, 0.2) is 0 Å². The van der Waals surface area contributed by atoms with Crippen molar-refractivity contribution in [1.82, 2.24) is 0 Å². The molecule has 6 aliphatic heterocycles. The molecule has 0 aromatic heterocycles. The second-order valence-electron chi connectivity index (χ2n) is 24.1. The Hall–Kier alpha value is -3.97. The average molecular weight is 746 g/mol. The Kier molecular flexibility index (Phi) is 6.27. The highest BCUT2D eigenvalue weighted by Crippen LogP contribution is 2.57. The van der Waals surface area contributed by atoms with Crippen molar-refractivity contribution in [1.29, 1.82) is 0 Å². The number of anilines is 3. The van der Waals surface area contributed by atoms with Gasteiger partial charge in [-0.15, -0.1) is 0 Å². The molecule has 0 bridgehead atoms. The van der Waals surface area contributed by atoms with Gasteiger partial charge in [-0.3, -0.25) is 0 Å². The molecule has 5 aromatic carbocycles. The highest BCUT2D eigenvalue weighted by molar-refractivity contribution is 7.04. The number of benzene rings is 5. The van der Waals surface area contributed by atoms with Crippen LogP contribution < -0.4 is 37.7 Å². The van der Waals surface area contributed by atoms with Gasteiger partial charge >= 0.3 is 0 Å². The predicted molar refractivity (Wildman–Crippen MR) is 248 cm³/mol. The van der Waals surface area contributed by atoms with Gasteiger partial charge in [-0.05, 0) is 111 Å². The molecular weight excluding hydrogens is 684 g/mol. The van der Waals surface area contributed by atoms with E-state index in [1.54, 1.807) is 60.6 Å². The zero-order valence-electron chi connectivity index (χ0n) is 37.9. The Bertz CT molecular complexity index is 2570. The molecule has 0 N–H and O–H groups in total. The van der Waals surface area contributed by atoms with Crippen LogP contribution >= 0.6 is 0 Å². The van der Waals surface area contributed by atoms with Gasteiger partial charge in [-0.2, -0.15) is 0 Å². The molecule has 6 aliphatic rings. The number of nitrogens with zero attached hydrogens (tertiary/aromatic N) is 1. The lowest BCUT2D eigenvalue weighted by Crippen LogP contribution is -2.76. The summed E-state index contributed by atoms with van der Waals surface area (Å²) >= 11 is 0. The van der Waals surface area contributed by atoms with E-state index in [1.807, 2.05) is 0 Å². The van der Waals surface area contributed by atoms with Crippen LogP contribution in [0.4, 0.5) is 17.1 Å². The summed E-state index contributed by atoms with van der Waals surface area (Å²) in [7, 11) is 0. The molecule has 11 rings (SSSR count). The fourth-order valence-electron chi connectivity index (χ4n) is 14.1. The van der Waals surface area contributed by atoms with E-state index >= 15 is 0 Å². The lowest BCUT2D eigenvalue weighted by molar-refractivity contribution is 0.520. The quantitative estimate of drug-likeness (QED) is 0.140. The molecule has 3 heteroatoms. The van der Waals surface area contributed by atoms with Crippen molar-refractivity contribution in [2.75, 3.05) is 4.90 Å². The molecule has 57 heavy (non-hydrogen) atoms. The maximum absolute atomic E-state index is 2.85. The molecule has 288 valence electrons. The Morgan fingerprint density at radius 2 is 0.719 bits per heavy atom. The van der Waals surface area contributed by atoms with Crippen LogP contribution in [0.25, 0.3) is 0 Å². The Labute approximate surface area is 344 Å². The zero-order chi connectivity index (χ0) is 40.9. The van der Waals surface area contributed by atoms with Gasteiger partial charge in [-0.1, -0.05) is 177 Å². The summed E-state index contributed by atoms with van der Waals surface area (Å²) in [5, 5.41) is 0. The summed E-state index contributed by atoms with van der Waals surface area (Å²) in [5.41, 5.74) is 30.0. The van der Waals surface area contributed by atoms with Crippen LogP contribution in [0, 0.1) is 0 Å². The Morgan fingerprint density at radius 1 is 0.386 bits per heavy atom. The molecule has 6 heterocycles. The zero-order valence-corrected chi connectivity index (χ0v) is 37.9. The van der Waals surface area contributed by atoms with E-state index in [-0.39, 0.29) is 51.3 Å².